The van der Waals surface area contributed by atoms with Crippen LogP contribution in [0.2, 0.25) is 0 Å². The van der Waals surface area contributed by atoms with Crippen molar-refractivity contribution in [2.75, 3.05) is 7.11 Å². The molecule has 5 heteroatoms. The van der Waals surface area contributed by atoms with Crippen LogP contribution in [0, 0.1) is 6.92 Å². The zero-order valence-corrected chi connectivity index (χ0v) is 12.2. The summed E-state index contributed by atoms with van der Waals surface area (Å²) in [7, 11) is -2.05. The maximum atomic E-state index is 12.3. The second kappa shape index (κ2) is 6.20. The van der Waals surface area contributed by atoms with E-state index in [1.807, 2.05) is 26.8 Å². The normalized spacial score (nSPS) is 13.3. The number of benzene rings is 1. The fourth-order valence-electron chi connectivity index (χ4n) is 1.81. The molecule has 1 atom stereocenters. The van der Waals surface area contributed by atoms with Crippen molar-refractivity contribution in [1.29, 1.82) is 0 Å². The highest BCUT2D eigenvalue weighted by atomic mass is 32.2. The lowest BCUT2D eigenvalue weighted by atomic mass is 10.2. The quantitative estimate of drug-likeness (QED) is 0.864. The standard InChI is InChI=1S/C13H21NO3S/c1-5-6-11(3)14-18(15,16)13-9-10(2)7-8-12(13)17-4/h7-9,11,14H,5-6H2,1-4H3/t11-/m0/s1. The van der Waals surface area contributed by atoms with E-state index in [0.29, 0.717) is 5.75 Å². The lowest BCUT2D eigenvalue weighted by Crippen LogP contribution is -2.32. The molecule has 4 nitrogen and oxygen atoms in total. The summed E-state index contributed by atoms with van der Waals surface area (Å²) >= 11 is 0. The van der Waals surface area contributed by atoms with Gasteiger partial charge in [-0.25, -0.2) is 13.1 Å². The molecule has 1 aromatic rings. The first kappa shape index (κ1) is 15.0. The number of hydrogen-bond donors (Lipinski definition) is 1. The predicted octanol–water partition coefficient (Wildman–Crippen LogP) is 2.47. The predicted molar refractivity (Wildman–Crippen MR) is 72.4 cm³/mol. The third kappa shape index (κ3) is 3.71. The van der Waals surface area contributed by atoms with E-state index >= 15 is 0 Å². The molecule has 0 heterocycles. The first-order valence-corrected chi connectivity index (χ1v) is 7.56. The maximum absolute atomic E-state index is 12.3. The second-order valence-electron chi connectivity index (χ2n) is 4.47. The van der Waals surface area contributed by atoms with E-state index < -0.39 is 10.0 Å². The van der Waals surface area contributed by atoms with E-state index in [2.05, 4.69) is 4.72 Å². The van der Waals surface area contributed by atoms with Gasteiger partial charge >= 0.3 is 0 Å². The van der Waals surface area contributed by atoms with Crippen LogP contribution in [-0.2, 0) is 10.0 Å². The monoisotopic (exact) mass is 271 g/mol. The SMILES string of the molecule is CCC[C@H](C)NS(=O)(=O)c1cc(C)ccc1OC. The van der Waals surface area contributed by atoms with Gasteiger partial charge in [0, 0.05) is 6.04 Å². The maximum Gasteiger partial charge on any atom is 0.244 e. The molecule has 0 unspecified atom stereocenters. The Morgan fingerprint density at radius 1 is 1.39 bits per heavy atom. The Balaban J connectivity index is 3.07. The zero-order valence-electron chi connectivity index (χ0n) is 11.4. The number of nitrogens with one attached hydrogen (secondary N) is 1. The third-order valence-electron chi connectivity index (χ3n) is 2.69. The van der Waals surface area contributed by atoms with Crippen LogP contribution in [-0.4, -0.2) is 21.6 Å². The van der Waals surface area contributed by atoms with Crippen molar-refractivity contribution in [3.63, 3.8) is 0 Å². The number of rotatable bonds is 6. The molecule has 1 aromatic carbocycles. The first-order chi connectivity index (χ1) is 8.40. The number of aryl methyl sites for hydroxylation is 1. The molecule has 0 aliphatic carbocycles. The van der Waals surface area contributed by atoms with Gasteiger partial charge in [0.05, 0.1) is 7.11 Å². The minimum Gasteiger partial charge on any atom is -0.495 e. The fraction of sp³-hybridized carbons (Fsp3) is 0.538. The van der Waals surface area contributed by atoms with Crippen LogP contribution in [0.5, 0.6) is 5.75 Å². The molecule has 0 aliphatic rings. The van der Waals surface area contributed by atoms with Crippen molar-refractivity contribution in [2.24, 2.45) is 0 Å². The number of sulfonamides is 1. The van der Waals surface area contributed by atoms with Gasteiger partial charge in [-0.15, -0.1) is 0 Å². The number of ether oxygens (including phenoxy) is 1. The van der Waals surface area contributed by atoms with Gasteiger partial charge in [0.1, 0.15) is 10.6 Å². The topological polar surface area (TPSA) is 55.4 Å². The van der Waals surface area contributed by atoms with Crippen molar-refractivity contribution in [3.05, 3.63) is 23.8 Å². The van der Waals surface area contributed by atoms with Crippen molar-refractivity contribution in [2.45, 2.75) is 44.6 Å². The summed E-state index contributed by atoms with van der Waals surface area (Å²) in [5.41, 5.74) is 0.888. The summed E-state index contributed by atoms with van der Waals surface area (Å²) in [6.07, 6.45) is 1.75. The second-order valence-corrected chi connectivity index (χ2v) is 6.15. The zero-order chi connectivity index (χ0) is 13.8. The van der Waals surface area contributed by atoms with Gasteiger partial charge in [-0.05, 0) is 38.0 Å². The Kier molecular flexibility index (Phi) is 5.16. The fourth-order valence-corrected chi connectivity index (χ4v) is 3.35. The molecular formula is C13H21NO3S. The van der Waals surface area contributed by atoms with E-state index in [-0.39, 0.29) is 10.9 Å². The van der Waals surface area contributed by atoms with Gasteiger partial charge in [-0.3, -0.25) is 0 Å². The number of hydrogen-bond acceptors (Lipinski definition) is 3. The summed E-state index contributed by atoms with van der Waals surface area (Å²) in [5, 5.41) is 0. The van der Waals surface area contributed by atoms with E-state index in [1.54, 1.807) is 12.1 Å². The van der Waals surface area contributed by atoms with Crippen LogP contribution in [0.4, 0.5) is 0 Å². The Morgan fingerprint density at radius 3 is 2.61 bits per heavy atom. The molecule has 1 N–H and O–H groups in total. The van der Waals surface area contributed by atoms with Gasteiger partial charge in [-0.2, -0.15) is 0 Å². The van der Waals surface area contributed by atoms with Crippen LogP contribution in [0.3, 0.4) is 0 Å². The highest BCUT2D eigenvalue weighted by molar-refractivity contribution is 7.89. The third-order valence-corrected chi connectivity index (χ3v) is 4.30. The largest absolute Gasteiger partial charge is 0.495 e. The van der Waals surface area contributed by atoms with E-state index in [4.69, 9.17) is 4.74 Å². The summed E-state index contributed by atoms with van der Waals surface area (Å²) < 4.78 is 32.3. The summed E-state index contributed by atoms with van der Waals surface area (Å²) in [4.78, 5) is 0.202. The van der Waals surface area contributed by atoms with Gasteiger partial charge in [0.2, 0.25) is 10.0 Å². The summed E-state index contributed by atoms with van der Waals surface area (Å²) in [5.74, 6) is 0.372. The van der Waals surface area contributed by atoms with Crippen LogP contribution in [0.15, 0.2) is 23.1 Å². The Bertz CT molecular complexity index is 497. The van der Waals surface area contributed by atoms with Crippen LogP contribution < -0.4 is 9.46 Å². The summed E-state index contributed by atoms with van der Waals surface area (Å²) in [6, 6.07) is 5.05. The molecule has 0 saturated carbocycles. The van der Waals surface area contributed by atoms with E-state index in [1.165, 1.54) is 7.11 Å². The number of methoxy groups -OCH3 is 1. The minimum atomic E-state index is -3.52. The molecule has 0 aliphatic heterocycles. The van der Waals surface area contributed by atoms with Crippen LogP contribution in [0.25, 0.3) is 0 Å². The van der Waals surface area contributed by atoms with Gasteiger partial charge < -0.3 is 4.74 Å². The Hall–Kier alpha value is -1.07. The van der Waals surface area contributed by atoms with Gasteiger partial charge in [-0.1, -0.05) is 19.4 Å². The van der Waals surface area contributed by atoms with E-state index in [9.17, 15) is 8.42 Å². The molecular weight excluding hydrogens is 250 g/mol. The van der Waals surface area contributed by atoms with Crippen molar-refractivity contribution < 1.29 is 13.2 Å². The first-order valence-electron chi connectivity index (χ1n) is 6.07. The Labute approximate surface area is 109 Å². The lowest BCUT2D eigenvalue weighted by Gasteiger charge is -2.15. The van der Waals surface area contributed by atoms with E-state index in [0.717, 1.165) is 18.4 Å². The molecule has 0 aromatic heterocycles. The van der Waals surface area contributed by atoms with Gasteiger partial charge in [0.25, 0.3) is 0 Å². The average Bonchev–Trinajstić information content (AvgIpc) is 2.28. The molecule has 0 spiro atoms. The molecule has 0 amide bonds. The Morgan fingerprint density at radius 2 is 2.06 bits per heavy atom. The highest BCUT2D eigenvalue weighted by Crippen LogP contribution is 2.24. The lowest BCUT2D eigenvalue weighted by molar-refractivity contribution is 0.401. The van der Waals surface area contributed by atoms with Crippen LogP contribution in [0.1, 0.15) is 32.3 Å². The van der Waals surface area contributed by atoms with Crippen LogP contribution >= 0.6 is 0 Å². The molecule has 18 heavy (non-hydrogen) atoms. The minimum absolute atomic E-state index is 0.0785. The molecule has 102 valence electrons. The smallest absolute Gasteiger partial charge is 0.244 e. The highest BCUT2D eigenvalue weighted by Gasteiger charge is 2.21. The van der Waals surface area contributed by atoms with Crippen molar-refractivity contribution >= 4 is 10.0 Å². The summed E-state index contributed by atoms with van der Waals surface area (Å²) in [6.45, 7) is 5.75. The molecule has 1 rings (SSSR count). The van der Waals surface area contributed by atoms with Crippen molar-refractivity contribution in [1.82, 2.24) is 4.72 Å². The molecule has 0 bridgehead atoms. The molecule has 0 fully saturated rings. The van der Waals surface area contributed by atoms with Crippen molar-refractivity contribution in [3.8, 4) is 5.75 Å². The molecule has 0 saturated heterocycles. The molecule has 0 radical (unpaired) electrons. The van der Waals surface area contributed by atoms with Gasteiger partial charge in [0.15, 0.2) is 0 Å². The average molecular weight is 271 g/mol.